The number of ether oxygens (including phenoxy) is 4. The molecule has 2 aliphatic heterocycles. The summed E-state index contributed by atoms with van der Waals surface area (Å²) < 4.78 is 24.2. The van der Waals surface area contributed by atoms with Crippen LogP contribution >= 0.6 is 0 Å². The highest BCUT2D eigenvalue weighted by molar-refractivity contribution is 5.04. The third-order valence-corrected chi connectivity index (χ3v) is 4.52. The molecule has 0 bridgehead atoms. The first-order valence-corrected chi connectivity index (χ1v) is 6.91. The van der Waals surface area contributed by atoms with Crippen LogP contribution in [-0.2, 0) is 18.9 Å². The van der Waals surface area contributed by atoms with Gasteiger partial charge in [-0.25, -0.2) is 0 Å². The second-order valence-corrected chi connectivity index (χ2v) is 6.85. The molecule has 104 valence electrons. The summed E-state index contributed by atoms with van der Waals surface area (Å²) in [5.74, 6) is -0.214. The van der Waals surface area contributed by atoms with E-state index < -0.39 is 11.6 Å². The standard InChI is InChI=1S/C14H24O4/c1-7-8(2)10-12(18-14(5,6)16-10)11-9(7)15-13(3,4)17-11/h7-12H,1-6H3/t7-,8-,9-,10+,11-,12-/m1/s1. The predicted molar refractivity (Wildman–Crippen MR) is 66.0 cm³/mol. The van der Waals surface area contributed by atoms with Crippen LogP contribution in [0.2, 0.25) is 0 Å². The monoisotopic (exact) mass is 256 g/mol. The molecule has 1 aliphatic carbocycles. The maximum absolute atomic E-state index is 6.05. The molecule has 4 nitrogen and oxygen atoms in total. The molecule has 0 aromatic rings. The van der Waals surface area contributed by atoms with Gasteiger partial charge in [0.15, 0.2) is 11.6 Å². The summed E-state index contributed by atoms with van der Waals surface area (Å²) in [6.07, 6.45) is 0.179. The van der Waals surface area contributed by atoms with E-state index in [0.717, 1.165) is 0 Å². The maximum Gasteiger partial charge on any atom is 0.163 e. The van der Waals surface area contributed by atoms with E-state index in [-0.39, 0.29) is 24.4 Å². The van der Waals surface area contributed by atoms with Gasteiger partial charge in [0.2, 0.25) is 0 Å². The van der Waals surface area contributed by atoms with E-state index in [4.69, 9.17) is 18.9 Å². The highest BCUT2D eigenvalue weighted by Crippen LogP contribution is 2.48. The topological polar surface area (TPSA) is 36.9 Å². The van der Waals surface area contributed by atoms with Crippen molar-refractivity contribution in [3.63, 3.8) is 0 Å². The molecule has 0 N–H and O–H groups in total. The van der Waals surface area contributed by atoms with Gasteiger partial charge in [0.1, 0.15) is 12.2 Å². The molecule has 3 fully saturated rings. The van der Waals surface area contributed by atoms with Crippen LogP contribution in [0.3, 0.4) is 0 Å². The van der Waals surface area contributed by atoms with E-state index in [1.54, 1.807) is 0 Å². The van der Waals surface area contributed by atoms with Crippen molar-refractivity contribution in [2.24, 2.45) is 11.8 Å². The van der Waals surface area contributed by atoms with Crippen LogP contribution in [0.4, 0.5) is 0 Å². The van der Waals surface area contributed by atoms with Crippen molar-refractivity contribution in [3.8, 4) is 0 Å². The molecule has 0 amide bonds. The first-order valence-electron chi connectivity index (χ1n) is 6.91. The molecule has 0 aromatic heterocycles. The van der Waals surface area contributed by atoms with Gasteiger partial charge in [0.25, 0.3) is 0 Å². The van der Waals surface area contributed by atoms with Gasteiger partial charge in [-0.2, -0.15) is 0 Å². The molecule has 2 heterocycles. The zero-order valence-electron chi connectivity index (χ0n) is 12.1. The summed E-state index contributed by atoms with van der Waals surface area (Å²) in [5, 5.41) is 0. The Balaban J connectivity index is 1.91. The average molecular weight is 256 g/mol. The summed E-state index contributed by atoms with van der Waals surface area (Å²) in [6, 6.07) is 0. The Hall–Kier alpha value is -0.160. The van der Waals surface area contributed by atoms with E-state index >= 15 is 0 Å². The highest BCUT2D eigenvalue weighted by Gasteiger charge is 2.61. The Kier molecular flexibility index (Phi) is 2.63. The molecule has 6 atom stereocenters. The number of fused-ring (bicyclic) bond motifs is 3. The van der Waals surface area contributed by atoms with Crippen LogP contribution < -0.4 is 0 Å². The second kappa shape index (κ2) is 3.69. The lowest BCUT2D eigenvalue weighted by Crippen LogP contribution is -2.54. The van der Waals surface area contributed by atoms with E-state index in [2.05, 4.69) is 13.8 Å². The van der Waals surface area contributed by atoms with Gasteiger partial charge < -0.3 is 18.9 Å². The molecule has 2 saturated heterocycles. The van der Waals surface area contributed by atoms with Gasteiger partial charge >= 0.3 is 0 Å². The molecule has 0 aromatic carbocycles. The third kappa shape index (κ3) is 1.82. The molecule has 0 spiro atoms. The maximum atomic E-state index is 6.05. The zero-order chi connectivity index (χ0) is 13.3. The molecule has 18 heavy (non-hydrogen) atoms. The highest BCUT2D eigenvalue weighted by atomic mass is 16.8. The lowest BCUT2D eigenvalue weighted by Gasteiger charge is -2.40. The molecular weight excluding hydrogens is 232 g/mol. The quantitative estimate of drug-likeness (QED) is 0.666. The fourth-order valence-electron chi connectivity index (χ4n) is 3.55. The smallest absolute Gasteiger partial charge is 0.163 e. The van der Waals surface area contributed by atoms with E-state index in [1.807, 2.05) is 27.7 Å². The Morgan fingerprint density at radius 2 is 0.833 bits per heavy atom. The van der Waals surface area contributed by atoms with Crippen LogP contribution in [0.25, 0.3) is 0 Å². The van der Waals surface area contributed by atoms with Crippen LogP contribution in [0.5, 0.6) is 0 Å². The largest absolute Gasteiger partial charge is 0.344 e. The van der Waals surface area contributed by atoms with Gasteiger partial charge in [0.05, 0.1) is 12.2 Å². The first kappa shape index (κ1) is 12.9. The SMILES string of the molecule is C[C@@H]1[C@@H](C)[C@@H]2OC(C)(C)O[C@H]2[C@@H]2OC(C)(C)O[C@H]12. The predicted octanol–water partition coefficient (Wildman–Crippen LogP) is 2.31. The number of rotatable bonds is 0. The van der Waals surface area contributed by atoms with E-state index in [0.29, 0.717) is 11.8 Å². The molecule has 3 rings (SSSR count). The van der Waals surface area contributed by atoms with Crippen molar-refractivity contribution in [1.29, 1.82) is 0 Å². The summed E-state index contributed by atoms with van der Waals surface area (Å²) >= 11 is 0. The van der Waals surface area contributed by atoms with Gasteiger partial charge in [-0.15, -0.1) is 0 Å². The third-order valence-electron chi connectivity index (χ3n) is 4.52. The summed E-state index contributed by atoms with van der Waals surface area (Å²) in [4.78, 5) is 0. The van der Waals surface area contributed by atoms with Crippen LogP contribution in [-0.4, -0.2) is 36.0 Å². The first-order chi connectivity index (χ1) is 8.20. The molecule has 4 heteroatoms. The van der Waals surface area contributed by atoms with Gasteiger partial charge in [0, 0.05) is 0 Å². The van der Waals surface area contributed by atoms with Crippen LogP contribution in [0.15, 0.2) is 0 Å². The Bertz CT molecular complexity index is 318. The molecule has 0 unspecified atom stereocenters. The van der Waals surface area contributed by atoms with Crippen molar-refractivity contribution in [2.45, 2.75) is 77.5 Å². The fraction of sp³-hybridized carbons (Fsp3) is 1.00. The lowest BCUT2D eigenvalue weighted by atomic mass is 9.74. The van der Waals surface area contributed by atoms with E-state index in [1.165, 1.54) is 0 Å². The minimum absolute atomic E-state index is 0.0158. The van der Waals surface area contributed by atoms with Gasteiger partial charge in [-0.05, 0) is 39.5 Å². The van der Waals surface area contributed by atoms with Crippen molar-refractivity contribution in [2.75, 3.05) is 0 Å². The Labute approximate surface area is 109 Å². The second-order valence-electron chi connectivity index (χ2n) is 6.85. The van der Waals surface area contributed by atoms with Crippen LogP contribution in [0, 0.1) is 11.8 Å². The van der Waals surface area contributed by atoms with E-state index in [9.17, 15) is 0 Å². The number of hydrogen-bond acceptors (Lipinski definition) is 4. The summed E-state index contributed by atoms with van der Waals surface area (Å²) in [6.45, 7) is 12.3. The van der Waals surface area contributed by atoms with Gasteiger partial charge in [-0.1, -0.05) is 13.8 Å². The molecular formula is C14H24O4. The van der Waals surface area contributed by atoms with Crippen molar-refractivity contribution in [1.82, 2.24) is 0 Å². The lowest BCUT2D eigenvalue weighted by molar-refractivity contribution is -0.177. The number of hydrogen-bond donors (Lipinski definition) is 0. The summed E-state index contributed by atoms with van der Waals surface area (Å²) in [7, 11) is 0. The minimum Gasteiger partial charge on any atom is -0.344 e. The van der Waals surface area contributed by atoms with Crippen molar-refractivity contribution in [3.05, 3.63) is 0 Å². The summed E-state index contributed by atoms with van der Waals surface area (Å²) in [5.41, 5.74) is 0. The van der Waals surface area contributed by atoms with Crippen LogP contribution in [0.1, 0.15) is 41.5 Å². The van der Waals surface area contributed by atoms with Crippen molar-refractivity contribution < 1.29 is 18.9 Å². The fourth-order valence-corrected chi connectivity index (χ4v) is 3.55. The molecule has 3 aliphatic rings. The molecule has 0 radical (unpaired) electrons. The van der Waals surface area contributed by atoms with Crippen molar-refractivity contribution >= 4 is 0 Å². The normalized spacial score (nSPS) is 53.0. The minimum atomic E-state index is -0.520. The molecule has 1 saturated carbocycles. The average Bonchev–Trinajstić information content (AvgIpc) is 2.71. The Morgan fingerprint density at radius 3 is 1.17 bits per heavy atom. The Morgan fingerprint density at radius 1 is 0.556 bits per heavy atom. The zero-order valence-corrected chi connectivity index (χ0v) is 12.1. The van der Waals surface area contributed by atoms with Gasteiger partial charge in [-0.3, -0.25) is 0 Å².